The molecule has 1 nitrogen and oxygen atoms in total. The van der Waals surface area contributed by atoms with E-state index in [1.807, 2.05) is 0 Å². The van der Waals surface area contributed by atoms with E-state index in [9.17, 15) is 0 Å². The third kappa shape index (κ3) is 2.47. The normalized spacial score (nSPS) is 30.0. The fraction of sp³-hybridized carbons (Fsp3) is 0.455. The zero-order valence-electron chi connectivity index (χ0n) is 14.0. The Balaban J connectivity index is 1.87. The van der Waals surface area contributed by atoms with Gasteiger partial charge in [0.25, 0.3) is 0 Å². The van der Waals surface area contributed by atoms with Crippen molar-refractivity contribution in [2.24, 2.45) is 11.8 Å². The summed E-state index contributed by atoms with van der Waals surface area (Å²) in [6, 6.07) is 20.2. The van der Waals surface area contributed by atoms with E-state index >= 15 is 0 Å². The van der Waals surface area contributed by atoms with Gasteiger partial charge in [0.05, 0.1) is 7.11 Å². The van der Waals surface area contributed by atoms with Crippen LogP contribution < -0.4 is 4.74 Å². The summed E-state index contributed by atoms with van der Waals surface area (Å²) in [5.74, 6) is 2.61. The second-order valence-electron chi connectivity index (χ2n) is 7.34. The zero-order chi connectivity index (χ0) is 15.7. The monoisotopic (exact) mass is 306 g/mol. The third-order valence-corrected chi connectivity index (χ3v) is 6.29. The van der Waals surface area contributed by atoms with Gasteiger partial charge in [0.2, 0.25) is 0 Å². The van der Waals surface area contributed by atoms with E-state index in [2.05, 4.69) is 54.6 Å². The first-order valence-corrected chi connectivity index (χ1v) is 9.03. The van der Waals surface area contributed by atoms with Crippen LogP contribution in [0.25, 0.3) is 0 Å². The molecular weight excluding hydrogens is 280 g/mol. The smallest absolute Gasteiger partial charge is 0.118 e. The highest BCUT2D eigenvalue weighted by molar-refractivity contribution is 5.43. The van der Waals surface area contributed by atoms with Crippen molar-refractivity contribution in [3.05, 3.63) is 65.7 Å². The average Bonchev–Trinajstić information content (AvgIpc) is 2.97. The lowest BCUT2D eigenvalue weighted by atomic mass is 9.57. The molecule has 2 aromatic rings. The number of benzene rings is 2. The summed E-state index contributed by atoms with van der Waals surface area (Å²) < 4.78 is 5.38. The topological polar surface area (TPSA) is 9.23 Å². The Morgan fingerprint density at radius 1 is 0.826 bits per heavy atom. The van der Waals surface area contributed by atoms with Crippen molar-refractivity contribution < 1.29 is 4.74 Å². The molecule has 0 N–H and O–H groups in total. The predicted molar refractivity (Wildman–Crippen MR) is 94.9 cm³/mol. The highest BCUT2D eigenvalue weighted by Gasteiger charge is 2.47. The summed E-state index contributed by atoms with van der Waals surface area (Å²) in [6.45, 7) is 0. The van der Waals surface area contributed by atoms with Crippen LogP contribution in [0.3, 0.4) is 0 Å². The van der Waals surface area contributed by atoms with Gasteiger partial charge in [0, 0.05) is 5.41 Å². The van der Waals surface area contributed by atoms with E-state index < -0.39 is 0 Å². The summed E-state index contributed by atoms with van der Waals surface area (Å²) in [5, 5.41) is 0. The van der Waals surface area contributed by atoms with Crippen molar-refractivity contribution >= 4 is 0 Å². The summed E-state index contributed by atoms with van der Waals surface area (Å²) in [6.07, 6.45) is 8.31. The quantitative estimate of drug-likeness (QED) is 0.719. The van der Waals surface area contributed by atoms with Crippen molar-refractivity contribution in [3.63, 3.8) is 0 Å². The molecule has 0 aliphatic heterocycles. The molecule has 3 fully saturated rings. The summed E-state index contributed by atoms with van der Waals surface area (Å²) in [5.41, 5.74) is 3.20. The molecule has 3 atom stereocenters. The molecule has 23 heavy (non-hydrogen) atoms. The molecule has 1 heteroatoms. The lowest BCUT2D eigenvalue weighted by Gasteiger charge is -2.46. The summed E-state index contributed by atoms with van der Waals surface area (Å²) in [4.78, 5) is 0. The first-order chi connectivity index (χ1) is 11.3. The zero-order valence-corrected chi connectivity index (χ0v) is 14.0. The number of ether oxygens (including phenoxy) is 1. The maximum Gasteiger partial charge on any atom is 0.118 e. The minimum atomic E-state index is 0.201. The van der Waals surface area contributed by atoms with Crippen LogP contribution in [-0.4, -0.2) is 7.11 Å². The Morgan fingerprint density at radius 2 is 1.57 bits per heavy atom. The first kappa shape index (κ1) is 14.8. The van der Waals surface area contributed by atoms with Gasteiger partial charge in [-0.1, -0.05) is 61.7 Å². The van der Waals surface area contributed by atoms with Gasteiger partial charge in [-0.2, -0.15) is 0 Å². The van der Waals surface area contributed by atoms with Gasteiger partial charge >= 0.3 is 0 Å². The molecular formula is C22H26O. The molecule has 3 aliphatic rings. The van der Waals surface area contributed by atoms with Gasteiger partial charge in [-0.05, 0) is 54.4 Å². The van der Waals surface area contributed by atoms with Gasteiger partial charge in [0.1, 0.15) is 5.75 Å². The predicted octanol–water partition coefficient (Wildman–Crippen LogP) is 5.58. The van der Waals surface area contributed by atoms with Crippen molar-refractivity contribution in [3.8, 4) is 5.75 Å². The number of methoxy groups -OCH3 is 1. The van der Waals surface area contributed by atoms with Crippen LogP contribution in [-0.2, 0) is 5.41 Å². The molecule has 0 heterocycles. The Bertz CT molecular complexity index is 641. The number of fused-ring (bicyclic) bond motifs is 4. The lowest BCUT2D eigenvalue weighted by Crippen LogP contribution is -2.40. The van der Waals surface area contributed by atoms with Crippen molar-refractivity contribution in [1.29, 1.82) is 0 Å². The minimum Gasteiger partial charge on any atom is -0.497 e. The number of hydrogen-bond donors (Lipinski definition) is 0. The SMILES string of the molecule is COc1ccc(C2(c3ccccc3)CC3CCCC2CC3)cc1. The first-order valence-electron chi connectivity index (χ1n) is 9.03. The molecule has 0 aromatic heterocycles. The molecule has 3 saturated carbocycles. The third-order valence-electron chi connectivity index (χ3n) is 6.29. The van der Waals surface area contributed by atoms with E-state index in [4.69, 9.17) is 4.74 Å². The Morgan fingerprint density at radius 3 is 2.30 bits per heavy atom. The average molecular weight is 306 g/mol. The standard InChI is InChI=1S/C22H26O/c1-23-21-14-12-20(13-15-21)22(18-7-3-2-4-8-18)16-17-6-5-9-19(22)11-10-17/h2-4,7-8,12-15,17,19H,5-6,9-11,16H2,1H3. The largest absolute Gasteiger partial charge is 0.497 e. The van der Waals surface area contributed by atoms with Crippen molar-refractivity contribution in [2.45, 2.75) is 43.9 Å². The molecule has 0 amide bonds. The van der Waals surface area contributed by atoms with E-state index in [0.717, 1.165) is 17.6 Å². The Hall–Kier alpha value is -1.76. The van der Waals surface area contributed by atoms with Crippen LogP contribution in [0.2, 0.25) is 0 Å². The van der Waals surface area contributed by atoms with E-state index in [-0.39, 0.29) is 5.41 Å². The molecule has 120 valence electrons. The maximum atomic E-state index is 5.38. The molecule has 2 bridgehead atoms. The fourth-order valence-corrected chi connectivity index (χ4v) is 5.20. The van der Waals surface area contributed by atoms with Crippen molar-refractivity contribution in [2.75, 3.05) is 7.11 Å². The molecule has 0 radical (unpaired) electrons. The van der Waals surface area contributed by atoms with Crippen LogP contribution in [0.4, 0.5) is 0 Å². The second-order valence-corrected chi connectivity index (χ2v) is 7.34. The molecule has 3 aliphatic carbocycles. The molecule has 2 aromatic carbocycles. The van der Waals surface area contributed by atoms with Gasteiger partial charge in [-0.15, -0.1) is 0 Å². The van der Waals surface area contributed by atoms with Crippen LogP contribution in [0.5, 0.6) is 5.75 Å². The maximum absolute atomic E-state index is 5.38. The molecule has 0 saturated heterocycles. The molecule has 3 unspecified atom stereocenters. The highest BCUT2D eigenvalue weighted by Crippen LogP contribution is 2.55. The summed E-state index contributed by atoms with van der Waals surface area (Å²) in [7, 11) is 1.75. The molecule has 0 spiro atoms. The van der Waals surface area contributed by atoms with E-state index in [1.54, 1.807) is 7.11 Å². The van der Waals surface area contributed by atoms with E-state index in [1.165, 1.54) is 49.7 Å². The van der Waals surface area contributed by atoms with Crippen LogP contribution in [0.1, 0.15) is 49.7 Å². The van der Waals surface area contributed by atoms with Crippen LogP contribution >= 0.6 is 0 Å². The van der Waals surface area contributed by atoms with Crippen molar-refractivity contribution in [1.82, 2.24) is 0 Å². The Labute approximate surface area is 139 Å². The van der Waals surface area contributed by atoms with Gasteiger partial charge < -0.3 is 4.74 Å². The lowest BCUT2D eigenvalue weighted by molar-refractivity contribution is 0.192. The van der Waals surface area contributed by atoms with Crippen LogP contribution in [0.15, 0.2) is 54.6 Å². The summed E-state index contributed by atoms with van der Waals surface area (Å²) >= 11 is 0. The van der Waals surface area contributed by atoms with Gasteiger partial charge in [0.15, 0.2) is 0 Å². The highest BCUT2D eigenvalue weighted by atomic mass is 16.5. The van der Waals surface area contributed by atoms with E-state index in [0.29, 0.717) is 0 Å². The number of rotatable bonds is 3. The van der Waals surface area contributed by atoms with Crippen LogP contribution in [0, 0.1) is 11.8 Å². The molecule has 5 rings (SSSR count). The Kier molecular flexibility index (Phi) is 3.88. The van der Waals surface area contributed by atoms with Gasteiger partial charge in [-0.3, -0.25) is 0 Å². The minimum absolute atomic E-state index is 0.201. The van der Waals surface area contributed by atoms with Gasteiger partial charge in [-0.25, -0.2) is 0 Å². The second kappa shape index (κ2) is 6.03. The fourth-order valence-electron chi connectivity index (χ4n) is 5.20. The number of hydrogen-bond acceptors (Lipinski definition) is 1.